The topological polar surface area (TPSA) is 13.1 Å². The second-order valence-electron chi connectivity index (χ2n) is 3.56. The van der Waals surface area contributed by atoms with Gasteiger partial charge in [-0.15, -0.1) is 6.42 Å². The minimum absolute atomic E-state index is 0.547. The van der Waals surface area contributed by atoms with Crippen molar-refractivity contribution in [3.05, 3.63) is 23.7 Å². The van der Waals surface area contributed by atoms with Gasteiger partial charge in [0.1, 0.15) is 0 Å². The molecule has 1 saturated carbocycles. The lowest BCUT2D eigenvalue weighted by Crippen LogP contribution is -1.86. The molecule has 14 heavy (non-hydrogen) atoms. The number of terminal acetylenes is 1. The largest absolute Gasteiger partial charge is 0.455 e. The van der Waals surface area contributed by atoms with E-state index in [9.17, 15) is 0 Å². The highest BCUT2D eigenvalue weighted by molar-refractivity contribution is 5.43. The van der Waals surface area contributed by atoms with Crippen LogP contribution < -0.4 is 0 Å². The van der Waals surface area contributed by atoms with Crippen LogP contribution in [-0.4, -0.2) is 0 Å². The fraction of sp³-hybridized carbons (Fsp3) is 0.385. The smallest absolute Gasteiger partial charge is 0.192 e. The van der Waals surface area contributed by atoms with Crippen molar-refractivity contribution >= 4 is 0 Å². The summed E-state index contributed by atoms with van der Waals surface area (Å²) < 4.78 is 5.20. The third-order valence-corrected chi connectivity index (χ3v) is 2.57. The monoisotopic (exact) mass is 184 g/mol. The lowest BCUT2D eigenvalue weighted by molar-refractivity contribution is 0.553. The van der Waals surface area contributed by atoms with Crippen LogP contribution in [0, 0.1) is 30.1 Å². The molecular formula is C13H12O. The zero-order valence-corrected chi connectivity index (χ0v) is 8.05. The summed E-state index contributed by atoms with van der Waals surface area (Å²) in [5.74, 6) is 9.99. The summed E-state index contributed by atoms with van der Waals surface area (Å²) in [7, 11) is 0. The van der Waals surface area contributed by atoms with Gasteiger partial charge in [0.25, 0.3) is 0 Å². The van der Waals surface area contributed by atoms with E-state index in [0.29, 0.717) is 11.7 Å². The van der Waals surface area contributed by atoms with E-state index in [1.807, 2.05) is 0 Å². The molecule has 1 fully saturated rings. The van der Waals surface area contributed by atoms with Crippen molar-refractivity contribution in [1.29, 1.82) is 0 Å². The molecule has 1 aromatic heterocycles. The molecule has 1 heterocycles. The van der Waals surface area contributed by atoms with Crippen molar-refractivity contribution in [2.45, 2.75) is 25.7 Å². The van der Waals surface area contributed by atoms with Crippen molar-refractivity contribution in [2.75, 3.05) is 0 Å². The van der Waals surface area contributed by atoms with Crippen molar-refractivity contribution in [3.63, 3.8) is 0 Å². The van der Waals surface area contributed by atoms with Crippen LogP contribution in [0.25, 0.3) is 0 Å². The second-order valence-corrected chi connectivity index (χ2v) is 3.56. The van der Waals surface area contributed by atoms with Crippen LogP contribution in [0.1, 0.15) is 37.0 Å². The molecule has 0 spiro atoms. The summed E-state index contributed by atoms with van der Waals surface area (Å²) in [6.07, 6.45) is 11.9. The Kier molecular flexibility index (Phi) is 2.61. The minimum atomic E-state index is 0.547. The Bertz CT molecular complexity index is 402. The van der Waals surface area contributed by atoms with Crippen molar-refractivity contribution in [2.24, 2.45) is 5.92 Å². The third-order valence-electron chi connectivity index (χ3n) is 2.57. The average Bonchev–Trinajstić information content (AvgIpc) is 2.85. The van der Waals surface area contributed by atoms with Gasteiger partial charge in [-0.05, 0) is 24.8 Å². The van der Waals surface area contributed by atoms with Crippen LogP contribution in [0.3, 0.4) is 0 Å². The zero-order valence-electron chi connectivity index (χ0n) is 8.05. The van der Waals surface area contributed by atoms with Crippen LogP contribution in [0.5, 0.6) is 0 Å². The first-order valence-corrected chi connectivity index (χ1v) is 4.96. The van der Waals surface area contributed by atoms with Crippen LogP contribution in [0.4, 0.5) is 0 Å². The van der Waals surface area contributed by atoms with Gasteiger partial charge in [-0.3, -0.25) is 0 Å². The fourth-order valence-electron chi connectivity index (χ4n) is 1.76. The Morgan fingerprint density at radius 1 is 1.36 bits per heavy atom. The van der Waals surface area contributed by atoms with Gasteiger partial charge >= 0.3 is 0 Å². The quantitative estimate of drug-likeness (QED) is 0.565. The normalized spacial score (nSPS) is 15.9. The van der Waals surface area contributed by atoms with Gasteiger partial charge in [0.05, 0.1) is 11.8 Å². The second kappa shape index (κ2) is 4.07. The highest BCUT2D eigenvalue weighted by Crippen LogP contribution is 2.23. The predicted molar refractivity (Wildman–Crippen MR) is 55.5 cm³/mol. The van der Waals surface area contributed by atoms with Gasteiger partial charge in [-0.25, -0.2) is 0 Å². The predicted octanol–water partition coefficient (Wildman–Crippen LogP) is 2.80. The molecule has 0 atom stereocenters. The molecule has 70 valence electrons. The van der Waals surface area contributed by atoms with Crippen LogP contribution >= 0.6 is 0 Å². The maximum absolute atomic E-state index is 5.30. The first-order valence-electron chi connectivity index (χ1n) is 4.96. The number of rotatable bonds is 0. The third kappa shape index (κ3) is 1.83. The van der Waals surface area contributed by atoms with E-state index in [2.05, 4.69) is 17.8 Å². The Morgan fingerprint density at radius 2 is 2.14 bits per heavy atom. The van der Waals surface area contributed by atoms with Gasteiger partial charge in [-0.2, -0.15) is 0 Å². The summed E-state index contributed by atoms with van der Waals surface area (Å²) in [6.45, 7) is 0. The summed E-state index contributed by atoms with van der Waals surface area (Å²) in [5, 5.41) is 0. The molecule has 1 nitrogen and oxygen atoms in total. The Hall–Kier alpha value is -1.60. The molecule has 1 aromatic rings. The zero-order chi connectivity index (χ0) is 9.80. The Morgan fingerprint density at radius 3 is 2.86 bits per heavy atom. The van der Waals surface area contributed by atoms with Gasteiger partial charge in [0.2, 0.25) is 0 Å². The lowest BCUT2D eigenvalue weighted by atomic mass is 10.1. The maximum atomic E-state index is 5.30. The molecule has 0 bridgehead atoms. The molecule has 2 rings (SSSR count). The molecule has 0 N–H and O–H groups in total. The molecule has 0 amide bonds. The lowest BCUT2D eigenvalue weighted by Gasteiger charge is -1.94. The van der Waals surface area contributed by atoms with Gasteiger partial charge in [-0.1, -0.05) is 24.7 Å². The van der Waals surface area contributed by atoms with Gasteiger partial charge in [0.15, 0.2) is 5.76 Å². The van der Waals surface area contributed by atoms with E-state index in [0.717, 1.165) is 5.56 Å². The SMILES string of the molecule is C#Cc1ccoc1C#CC1CCCC1. The van der Waals surface area contributed by atoms with Gasteiger partial charge in [0, 0.05) is 5.92 Å². The van der Waals surface area contributed by atoms with Crippen molar-refractivity contribution < 1.29 is 4.42 Å². The van der Waals surface area contributed by atoms with Crippen molar-refractivity contribution in [3.8, 4) is 24.2 Å². The fourth-order valence-corrected chi connectivity index (χ4v) is 1.76. The summed E-state index contributed by atoms with van der Waals surface area (Å²) >= 11 is 0. The van der Waals surface area contributed by atoms with Crippen molar-refractivity contribution in [1.82, 2.24) is 0 Å². The minimum Gasteiger partial charge on any atom is -0.455 e. The summed E-state index contributed by atoms with van der Waals surface area (Å²) in [6, 6.07) is 1.78. The average molecular weight is 184 g/mol. The van der Waals surface area contributed by atoms with Crippen LogP contribution in [-0.2, 0) is 0 Å². The molecule has 1 aliphatic rings. The van der Waals surface area contributed by atoms with E-state index in [1.165, 1.54) is 25.7 Å². The van der Waals surface area contributed by atoms with Crippen LogP contribution in [0.2, 0.25) is 0 Å². The molecule has 0 aromatic carbocycles. The first kappa shape index (κ1) is 8.97. The maximum Gasteiger partial charge on any atom is 0.192 e. The summed E-state index contributed by atoms with van der Waals surface area (Å²) in [4.78, 5) is 0. The van der Waals surface area contributed by atoms with E-state index < -0.39 is 0 Å². The number of hydrogen-bond donors (Lipinski definition) is 0. The summed E-state index contributed by atoms with van der Waals surface area (Å²) in [5.41, 5.74) is 0.760. The van der Waals surface area contributed by atoms with Crippen LogP contribution in [0.15, 0.2) is 16.7 Å². The Balaban J connectivity index is 2.13. The first-order chi connectivity index (χ1) is 6.90. The standard InChI is InChI=1S/C13H12O/c1-2-12-9-10-14-13(12)8-7-11-5-3-4-6-11/h1,9-11H,3-6H2. The molecular weight excluding hydrogens is 172 g/mol. The molecule has 1 aliphatic carbocycles. The molecule has 0 aliphatic heterocycles. The molecule has 0 unspecified atom stereocenters. The molecule has 0 saturated heterocycles. The van der Waals surface area contributed by atoms with E-state index >= 15 is 0 Å². The van der Waals surface area contributed by atoms with E-state index in [-0.39, 0.29) is 0 Å². The highest BCUT2D eigenvalue weighted by atomic mass is 16.3. The number of furan rings is 1. The van der Waals surface area contributed by atoms with Gasteiger partial charge < -0.3 is 4.42 Å². The number of hydrogen-bond acceptors (Lipinski definition) is 1. The van der Waals surface area contributed by atoms with E-state index in [1.54, 1.807) is 12.3 Å². The molecule has 0 radical (unpaired) electrons. The van der Waals surface area contributed by atoms with E-state index in [4.69, 9.17) is 10.8 Å². The Labute approximate surface area is 84.5 Å². The highest BCUT2D eigenvalue weighted by Gasteiger charge is 2.11. The molecule has 1 heteroatoms.